The van der Waals surface area contributed by atoms with Crippen LogP contribution < -0.4 is 5.56 Å². The summed E-state index contributed by atoms with van der Waals surface area (Å²) in [5, 5.41) is 1.85. The summed E-state index contributed by atoms with van der Waals surface area (Å²) in [5.74, 6) is 0. The smallest absolute Gasteiger partial charge is 0.256 e. The maximum atomic E-state index is 12.2. The zero-order valence-electron chi connectivity index (χ0n) is 13.4. The number of likely N-dealkylation sites (tertiary alicyclic amines) is 1. The van der Waals surface area contributed by atoms with Gasteiger partial charge >= 0.3 is 0 Å². The van der Waals surface area contributed by atoms with Gasteiger partial charge in [-0.25, -0.2) is 0 Å². The van der Waals surface area contributed by atoms with E-state index in [1.54, 1.807) is 7.11 Å². The summed E-state index contributed by atoms with van der Waals surface area (Å²) in [5.41, 5.74) is 2.20. The van der Waals surface area contributed by atoms with Crippen LogP contribution in [0.15, 0.2) is 29.1 Å². The Kier molecular flexibility index (Phi) is 4.60. The molecule has 1 aliphatic heterocycles. The normalized spacial score (nSPS) is 19.1. The molecule has 2 heterocycles. The van der Waals surface area contributed by atoms with Crippen LogP contribution in [0.3, 0.4) is 0 Å². The molecule has 4 nitrogen and oxygen atoms in total. The minimum absolute atomic E-state index is 0.0195. The number of pyridine rings is 1. The standard InChI is InChI=1S/C18H24N2O2/c1-13-5-3-7-16-17(13)11-14(19-18(16)21)8-10-20-9-4-6-15(20)12-22-2/h3,5,7,11,15H,4,6,8-10,12H2,1-2H3,(H,19,21). The monoisotopic (exact) mass is 300 g/mol. The molecule has 0 aliphatic carbocycles. The van der Waals surface area contributed by atoms with Crippen molar-refractivity contribution in [2.45, 2.75) is 32.2 Å². The number of aromatic amines is 1. The summed E-state index contributed by atoms with van der Waals surface area (Å²) in [4.78, 5) is 17.7. The molecule has 2 aromatic rings. The third-order valence-electron chi connectivity index (χ3n) is 4.69. The van der Waals surface area contributed by atoms with E-state index in [9.17, 15) is 4.79 Å². The third-order valence-corrected chi connectivity index (χ3v) is 4.69. The highest BCUT2D eigenvalue weighted by Crippen LogP contribution is 2.19. The fraction of sp³-hybridized carbons (Fsp3) is 0.500. The summed E-state index contributed by atoms with van der Waals surface area (Å²) in [6, 6.07) is 8.54. The van der Waals surface area contributed by atoms with Gasteiger partial charge in [0.2, 0.25) is 0 Å². The first-order chi connectivity index (χ1) is 10.7. The van der Waals surface area contributed by atoms with E-state index in [1.807, 2.05) is 12.1 Å². The molecule has 0 bridgehead atoms. The van der Waals surface area contributed by atoms with Crippen LogP contribution >= 0.6 is 0 Å². The largest absolute Gasteiger partial charge is 0.383 e. The van der Waals surface area contributed by atoms with Crippen molar-refractivity contribution in [3.63, 3.8) is 0 Å². The average molecular weight is 300 g/mol. The Bertz CT molecular complexity index is 708. The Morgan fingerprint density at radius 3 is 3.05 bits per heavy atom. The minimum Gasteiger partial charge on any atom is -0.383 e. The molecular weight excluding hydrogens is 276 g/mol. The Balaban J connectivity index is 1.77. The van der Waals surface area contributed by atoms with E-state index in [0.29, 0.717) is 6.04 Å². The van der Waals surface area contributed by atoms with Gasteiger partial charge in [-0.3, -0.25) is 9.69 Å². The first-order valence-electron chi connectivity index (χ1n) is 8.03. The maximum Gasteiger partial charge on any atom is 0.256 e. The number of ether oxygens (including phenoxy) is 1. The topological polar surface area (TPSA) is 45.3 Å². The fourth-order valence-electron chi connectivity index (χ4n) is 3.46. The van der Waals surface area contributed by atoms with Gasteiger partial charge in [0.05, 0.1) is 6.61 Å². The van der Waals surface area contributed by atoms with Crippen LogP contribution in [-0.4, -0.2) is 42.7 Å². The number of aromatic nitrogens is 1. The number of aryl methyl sites for hydroxylation is 1. The van der Waals surface area contributed by atoms with E-state index in [0.717, 1.165) is 48.1 Å². The molecule has 4 heteroatoms. The minimum atomic E-state index is 0.0195. The molecule has 1 N–H and O–H groups in total. The lowest BCUT2D eigenvalue weighted by Gasteiger charge is -2.23. The van der Waals surface area contributed by atoms with Crippen molar-refractivity contribution in [2.24, 2.45) is 0 Å². The Hall–Kier alpha value is -1.65. The number of rotatable bonds is 5. The van der Waals surface area contributed by atoms with Crippen LogP contribution in [0.1, 0.15) is 24.1 Å². The third kappa shape index (κ3) is 3.08. The molecule has 1 unspecified atom stereocenters. The molecule has 0 saturated carbocycles. The summed E-state index contributed by atoms with van der Waals surface area (Å²) in [6.45, 7) is 4.96. The molecular formula is C18H24N2O2. The van der Waals surface area contributed by atoms with E-state index in [-0.39, 0.29) is 5.56 Å². The van der Waals surface area contributed by atoms with E-state index < -0.39 is 0 Å². The molecule has 1 aliphatic rings. The first-order valence-corrected chi connectivity index (χ1v) is 8.03. The second-order valence-electron chi connectivity index (χ2n) is 6.20. The molecule has 0 spiro atoms. The molecule has 22 heavy (non-hydrogen) atoms. The molecule has 118 valence electrons. The molecule has 1 saturated heterocycles. The van der Waals surface area contributed by atoms with Crippen LogP contribution in [0.4, 0.5) is 0 Å². The predicted molar refractivity (Wildman–Crippen MR) is 89.5 cm³/mol. The Morgan fingerprint density at radius 2 is 2.23 bits per heavy atom. The highest BCUT2D eigenvalue weighted by Gasteiger charge is 2.23. The van der Waals surface area contributed by atoms with E-state index in [1.165, 1.54) is 12.8 Å². The van der Waals surface area contributed by atoms with Gasteiger partial charge in [-0.2, -0.15) is 0 Å². The molecule has 0 radical (unpaired) electrons. The van der Waals surface area contributed by atoms with Crippen LogP contribution in [0.2, 0.25) is 0 Å². The quantitative estimate of drug-likeness (QED) is 0.923. The molecule has 0 amide bonds. The van der Waals surface area contributed by atoms with Crippen molar-refractivity contribution in [1.29, 1.82) is 0 Å². The lowest BCUT2D eigenvalue weighted by molar-refractivity contribution is 0.116. The first kappa shape index (κ1) is 15.3. The van der Waals surface area contributed by atoms with Crippen LogP contribution in [0, 0.1) is 6.92 Å². The Morgan fingerprint density at radius 1 is 1.36 bits per heavy atom. The molecule has 1 aromatic heterocycles. The van der Waals surface area contributed by atoms with E-state index in [4.69, 9.17) is 4.74 Å². The van der Waals surface area contributed by atoms with Gasteiger partial charge in [-0.15, -0.1) is 0 Å². The number of benzene rings is 1. The van der Waals surface area contributed by atoms with Gasteiger partial charge < -0.3 is 9.72 Å². The van der Waals surface area contributed by atoms with Crippen molar-refractivity contribution < 1.29 is 4.74 Å². The number of nitrogens with zero attached hydrogens (tertiary/aromatic N) is 1. The highest BCUT2D eigenvalue weighted by molar-refractivity contribution is 5.84. The summed E-state index contributed by atoms with van der Waals surface area (Å²) < 4.78 is 5.30. The Labute approximate surface area is 131 Å². The lowest BCUT2D eigenvalue weighted by Crippen LogP contribution is -2.34. The predicted octanol–water partition coefficient (Wildman–Crippen LogP) is 2.49. The summed E-state index contributed by atoms with van der Waals surface area (Å²) in [7, 11) is 1.76. The molecule has 1 aromatic carbocycles. The summed E-state index contributed by atoms with van der Waals surface area (Å²) >= 11 is 0. The van der Waals surface area contributed by atoms with Crippen molar-refractivity contribution in [1.82, 2.24) is 9.88 Å². The second kappa shape index (κ2) is 6.63. The number of fused-ring (bicyclic) bond motifs is 1. The van der Waals surface area contributed by atoms with Gasteiger partial charge in [0, 0.05) is 37.2 Å². The van der Waals surface area contributed by atoms with Crippen LogP contribution in [0.25, 0.3) is 10.8 Å². The second-order valence-corrected chi connectivity index (χ2v) is 6.20. The van der Waals surface area contributed by atoms with Gasteiger partial charge in [-0.05, 0) is 49.4 Å². The van der Waals surface area contributed by atoms with Crippen LogP contribution in [0.5, 0.6) is 0 Å². The summed E-state index contributed by atoms with van der Waals surface area (Å²) in [6.07, 6.45) is 3.32. The number of hydrogen-bond donors (Lipinski definition) is 1. The number of nitrogens with one attached hydrogen (secondary N) is 1. The van der Waals surface area contributed by atoms with Gasteiger partial charge in [0.25, 0.3) is 5.56 Å². The zero-order chi connectivity index (χ0) is 15.5. The number of methoxy groups -OCH3 is 1. The van der Waals surface area contributed by atoms with E-state index in [2.05, 4.69) is 28.9 Å². The SMILES string of the molecule is COCC1CCCN1CCc1cc2c(C)cccc2c(=O)[nH]1. The maximum absolute atomic E-state index is 12.2. The molecule has 3 rings (SSSR count). The molecule has 1 atom stereocenters. The van der Waals surface area contributed by atoms with Crippen molar-refractivity contribution in [2.75, 3.05) is 26.8 Å². The van der Waals surface area contributed by atoms with Crippen LogP contribution in [-0.2, 0) is 11.2 Å². The van der Waals surface area contributed by atoms with E-state index >= 15 is 0 Å². The number of hydrogen-bond acceptors (Lipinski definition) is 3. The van der Waals surface area contributed by atoms with Gasteiger partial charge in [0.1, 0.15) is 0 Å². The zero-order valence-corrected chi connectivity index (χ0v) is 13.4. The average Bonchev–Trinajstić information content (AvgIpc) is 2.94. The molecule has 1 fully saturated rings. The van der Waals surface area contributed by atoms with Crippen molar-refractivity contribution >= 4 is 10.8 Å². The fourth-order valence-corrected chi connectivity index (χ4v) is 3.46. The van der Waals surface area contributed by atoms with Gasteiger partial charge in [-0.1, -0.05) is 12.1 Å². The highest BCUT2D eigenvalue weighted by atomic mass is 16.5. The van der Waals surface area contributed by atoms with Crippen molar-refractivity contribution in [3.8, 4) is 0 Å². The lowest BCUT2D eigenvalue weighted by atomic mass is 10.1. The van der Waals surface area contributed by atoms with Crippen molar-refractivity contribution in [3.05, 3.63) is 45.9 Å². The number of H-pyrrole nitrogens is 1. The van der Waals surface area contributed by atoms with Gasteiger partial charge in [0.15, 0.2) is 0 Å².